The van der Waals surface area contributed by atoms with Crippen LogP contribution in [0.4, 0.5) is 0 Å². The molecule has 0 aliphatic rings. The Bertz CT molecular complexity index is 699. The molecule has 0 saturated heterocycles. The Morgan fingerprint density at radius 1 is 0.920 bits per heavy atom. The van der Waals surface area contributed by atoms with Gasteiger partial charge in [0.25, 0.3) is 0 Å². The smallest absolute Gasteiger partial charge is 0.122 e. The molecule has 2 aromatic rings. The van der Waals surface area contributed by atoms with Gasteiger partial charge in [-0.05, 0) is 12.8 Å². The van der Waals surface area contributed by atoms with E-state index >= 15 is 0 Å². The first-order chi connectivity index (χ1) is 11.3. The molecule has 0 fully saturated rings. The number of nitrogens with zero attached hydrogens (tertiary/aromatic N) is 3. The summed E-state index contributed by atoms with van der Waals surface area (Å²) < 4.78 is 0. The maximum atomic E-state index is 4.93. The van der Waals surface area contributed by atoms with Gasteiger partial charge in [-0.15, -0.1) is 32.9 Å². The summed E-state index contributed by atoms with van der Waals surface area (Å²) in [5.41, 5.74) is 1.52. The van der Waals surface area contributed by atoms with Gasteiger partial charge in [0.1, 0.15) is 10.0 Å². The van der Waals surface area contributed by atoms with Crippen LogP contribution in [0.15, 0.2) is 5.38 Å². The molecule has 0 bridgehead atoms. The second kappa shape index (κ2) is 7.07. The van der Waals surface area contributed by atoms with Crippen LogP contribution in [0.3, 0.4) is 0 Å². The third-order valence-electron chi connectivity index (χ3n) is 4.55. The average Bonchev–Trinajstić information content (AvgIpc) is 3.12. The van der Waals surface area contributed by atoms with E-state index in [9.17, 15) is 0 Å². The zero-order chi connectivity index (χ0) is 19.0. The molecule has 0 aromatic carbocycles. The first-order valence-electron chi connectivity index (χ1n) is 9.11. The van der Waals surface area contributed by atoms with Gasteiger partial charge in [-0.1, -0.05) is 62.3 Å². The summed E-state index contributed by atoms with van der Waals surface area (Å²) in [4.78, 5) is 4.93. The molecule has 3 nitrogen and oxygen atoms in total. The van der Waals surface area contributed by atoms with Gasteiger partial charge in [-0.3, -0.25) is 0 Å². The number of aromatic nitrogens is 3. The van der Waals surface area contributed by atoms with Crippen molar-refractivity contribution in [1.29, 1.82) is 0 Å². The number of hydrogen-bond donors (Lipinski definition) is 0. The molecular weight excluding hydrogens is 346 g/mol. The monoisotopic (exact) mass is 379 g/mol. The lowest BCUT2D eigenvalue weighted by molar-refractivity contribution is 0.426. The zero-order valence-electron chi connectivity index (χ0n) is 17.2. The molecule has 25 heavy (non-hydrogen) atoms. The van der Waals surface area contributed by atoms with E-state index in [0.29, 0.717) is 5.92 Å². The van der Waals surface area contributed by atoms with Gasteiger partial charge in [0.05, 0.1) is 10.7 Å². The second-order valence-corrected chi connectivity index (χ2v) is 11.7. The van der Waals surface area contributed by atoms with Crippen LogP contribution in [0.2, 0.25) is 0 Å². The number of hydrogen-bond acceptors (Lipinski definition) is 5. The minimum absolute atomic E-state index is 0.0822. The van der Waals surface area contributed by atoms with Crippen molar-refractivity contribution >= 4 is 22.7 Å². The summed E-state index contributed by atoms with van der Waals surface area (Å²) in [5.74, 6) is 0.439. The van der Waals surface area contributed by atoms with E-state index in [0.717, 1.165) is 22.9 Å². The zero-order valence-corrected chi connectivity index (χ0v) is 18.9. The summed E-state index contributed by atoms with van der Waals surface area (Å²) in [6.07, 6.45) is 2.21. The van der Waals surface area contributed by atoms with Crippen molar-refractivity contribution in [3.05, 3.63) is 26.1 Å². The van der Waals surface area contributed by atoms with E-state index < -0.39 is 0 Å². The SMILES string of the molecule is CC(CCC(C)(C)c1csc(C(C)(C)C)n1)c1nnc(C(C)(C)C)s1. The Hall–Kier alpha value is -0.810. The summed E-state index contributed by atoms with van der Waals surface area (Å²) in [7, 11) is 0. The minimum atomic E-state index is 0.0822. The maximum absolute atomic E-state index is 4.93. The topological polar surface area (TPSA) is 38.7 Å². The number of thiazole rings is 1. The molecule has 5 heteroatoms. The van der Waals surface area contributed by atoms with Crippen LogP contribution < -0.4 is 0 Å². The highest BCUT2D eigenvalue weighted by atomic mass is 32.1. The lowest BCUT2D eigenvalue weighted by Crippen LogP contribution is -2.20. The Morgan fingerprint density at radius 3 is 2.00 bits per heavy atom. The highest BCUT2D eigenvalue weighted by Gasteiger charge is 2.28. The van der Waals surface area contributed by atoms with E-state index in [-0.39, 0.29) is 16.2 Å². The summed E-state index contributed by atoms with van der Waals surface area (Å²) in [6.45, 7) is 20.2. The van der Waals surface area contributed by atoms with Crippen LogP contribution >= 0.6 is 22.7 Å². The van der Waals surface area contributed by atoms with Crippen molar-refractivity contribution in [3.8, 4) is 0 Å². The van der Waals surface area contributed by atoms with Gasteiger partial charge in [0.2, 0.25) is 0 Å². The molecule has 0 radical (unpaired) electrons. The largest absolute Gasteiger partial charge is 0.245 e. The summed E-state index contributed by atoms with van der Waals surface area (Å²) >= 11 is 3.55. The quantitative estimate of drug-likeness (QED) is 0.599. The lowest BCUT2D eigenvalue weighted by atomic mass is 9.82. The molecule has 0 spiro atoms. The Kier molecular flexibility index (Phi) is 5.80. The molecule has 1 atom stereocenters. The molecular formula is C20H33N3S2. The molecule has 1 unspecified atom stereocenters. The van der Waals surface area contributed by atoms with Crippen LogP contribution in [0.25, 0.3) is 0 Å². The Morgan fingerprint density at radius 2 is 1.52 bits per heavy atom. The molecule has 0 saturated carbocycles. The fourth-order valence-corrected chi connectivity index (χ4v) is 4.58. The van der Waals surface area contributed by atoms with Gasteiger partial charge in [0.15, 0.2) is 0 Å². The molecule has 2 heterocycles. The molecule has 0 amide bonds. The third kappa shape index (κ3) is 5.10. The highest BCUT2D eigenvalue weighted by Crippen LogP contribution is 2.37. The highest BCUT2D eigenvalue weighted by molar-refractivity contribution is 7.11. The molecule has 140 valence electrons. The number of rotatable bonds is 5. The first-order valence-corrected chi connectivity index (χ1v) is 10.8. The van der Waals surface area contributed by atoms with Crippen molar-refractivity contribution < 1.29 is 0 Å². The van der Waals surface area contributed by atoms with Gasteiger partial charge in [-0.25, -0.2) is 4.98 Å². The van der Waals surface area contributed by atoms with Crippen molar-refractivity contribution in [1.82, 2.24) is 15.2 Å². The second-order valence-electron chi connectivity index (χ2n) is 9.81. The molecule has 0 aliphatic heterocycles. The van der Waals surface area contributed by atoms with Crippen molar-refractivity contribution in [3.63, 3.8) is 0 Å². The summed E-state index contributed by atoms with van der Waals surface area (Å²) in [6, 6.07) is 0. The predicted octanol–water partition coefficient (Wildman–Crippen LogP) is 6.45. The van der Waals surface area contributed by atoms with Crippen LogP contribution in [0, 0.1) is 0 Å². The van der Waals surface area contributed by atoms with Gasteiger partial charge < -0.3 is 0 Å². The van der Waals surface area contributed by atoms with Crippen molar-refractivity contribution in [2.24, 2.45) is 0 Å². The van der Waals surface area contributed by atoms with Gasteiger partial charge >= 0.3 is 0 Å². The van der Waals surface area contributed by atoms with Gasteiger partial charge in [-0.2, -0.15) is 0 Å². The van der Waals surface area contributed by atoms with E-state index in [1.807, 2.05) is 0 Å². The van der Waals surface area contributed by atoms with E-state index in [2.05, 4.69) is 77.9 Å². The van der Waals surface area contributed by atoms with E-state index in [1.165, 1.54) is 10.7 Å². The average molecular weight is 380 g/mol. The van der Waals surface area contributed by atoms with E-state index in [1.54, 1.807) is 22.7 Å². The van der Waals surface area contributed by atoms with Crippen molar-refractivity contribution in [2.45, 2.75) is 97.3 Å². The van der Waals surface area contributed by atoms with Gasteiger partial charge in [0, 0.05) is 27.5 Å². The lowest BCUT2D eigenvalue weighted by Gasteiger charge is -2.24. The minimum Gasteiger partial charge on any atom is -0.245 e. The maximum Gasteiger partial charge on any atom is 0.122 e. The molecule has 0 aliphatic carbocycles. The standard InChI is InChI=1S/C20H33N3S2/c1-13(15-22-23-17(25-15)19(5,6)7)10-11-20(8,9)14-12-24-16(21-14)18(2,3)4/h12-13H,10-11H2,1-9H3. The normalized spacial score (nSPS) is 14.8. The molecule has 0 N–H and O–H groups in total. The fraction of sp³-hybridized carbons (Fsp3) is 0.750. The van der Waals surface area contributed by atoms with Crippen LogP contribution in [0.5, 0.6) is 0 Å². The van der Waals surface area contributed by atoms with Crippen molar-refractivity contribution in [2.75, 3.05) is 0 Å². The van der Waals surface area contributed by atoms with Crippen LogP contribution in [-0.2, 0) is 16.2 Å². The van der Waals surface area contributed by atoms with E-state index in [4.69, 9.17) is 4.98 Å². The molecule has 2 aromatic heterocycles. The Labute approximate surface area is 161 Å². The first kappa shape index (κ1) is 20.5. The van der Waals surface area contributed by atoms with Crippen LogP contribution in [-0.4, -0.2) is 15.2 Å². The predicted molar refractivity (Wildman–Crippen MR) is 110 cm³/mol. The molecule has 2 rings (SSSR count). The fourth-order valence-electron chi connectivity index (χ4n) is 2.49. The summed E-state index contributed by atoms with van der Waals surface area (Å²) in [5, 5.41) is 14.6. The Balaban J connectivity index is 2.04. The third-order valence-corrected chi connectivity index (χ3v) is 7.39. The van der Waals surface area contributed by atoms with Crippen LogP contribution in [0.1, 0.15) is 102 Å².